The van der Waals surface area contributed by atoms with E-state index in [0.29, 0.717) is 32.6 Å². The van der Waals surface area contributed by atoms with Gasteiger partial charge in [-0.3, -0.25) is 9.59 Å². The van der Waals surface area contributed by atoms with Gasteiger partial charge < -0.3 is 10.3 Å². The van der Waals surface area contributed by atoms with E-state index < -0.39 is 0 Å². The molecule has 8 heteroatoms. The summed E-state index contributed by atoms with van der Waals surface area (Å²) in [5.74, 6) is 0.142. The van der Waals surface area contributed by atoms with Gasteiger partial charge in [0.1, 0.15) is 0 Å². The summed E-state index contributed by atoms with van der Waals surface area (Å²) in [6, 6.07) is 12.6. The van der Waals surface area contributed by atoms with Gasteiger partial charge in [0, 0.05) is 22.5 Å². The molecular formula is C21H21Cl2N3O2S. The van der Waals surface area contributed by atoms with Crippen molar-refractivity contribution in [3.05, 3.63) is 68.4 Å². The Kier molecular flexibility index (Phi) is 7.58. The number of amides is 1. The third kappa shape index (κ3) is 5.75. The molecular weight excluding hydrogens is 429 g/mol. The Labute approximate surface area is 183 Å². The molecule has 152 valence electrons. The zero-order chi connectivity index (χ0) is 20.8. The van der Waals surface area contributed by atoms with Crippen LogP contribution in [0.1, 0.15) is 31.2 Å². The van der Waals surface area contributed by atoms with Crippen molar-refractivity contribution in [3.63, 3.8) is 0 Å². The van der Waals surface area contributed by atoms with Crippen LogP contribution >= 0.6 is 35.0 Å². The number of carbonyl (C=O) groups excluding carboxylic acids is 1. The number of thioether (sulfide) groups is 1. The number of benzene rings is 2. The molecule has 3 aromatic rings. The van der Waals surface area contributed by atoms with Crippen molar-refractivity contribution in [3.8, 4) is 0 Å². The van der Waals surface area contributed by atoms with E-state index >= 15 is 0 Å². The lowest BCUT2D eigenvalue weighted by Crippen LogP contribution is -2.30. The van der Waals surface area contributed by atoms with Gasteiger partial charge in [-0.15, -0.1) is 0 Å². The average molecular weight is 450 g/mol. The number of nitrogens with zero attached hydrogens (tertiary/aromatic N) is 1. The highest BCUT2D eigenvalue weighted by Gasteiger charge is 2.16. The molecule has 0 aliphatic heterocycles. The van der Waals surface area contributed by atoms with Crippen molar-refractivity contribution in [2.24, 2.45) is 0 Å². The minimum absolute atomic E-state index is 0.109. The fraction of sp³-hybridized carbons (Fsp3) is 0.286. The first-order chi connectivity index (χ1) is 14.0. The van der Waals surface area contributed by atoms with Crippen molar-refractivity contribution < 1.29 is 4.79 Å². The lowest BCUT2D eigenvalue weighted by molar-refractivity contribution is -0.118. The second kappa shape index (κ2) is 10.1. The van der Waals surface area contributed by atoms with Gasteiger partial charge in [0.15, 0.2) is 5.16 Å². The zero-order valence-electron chi connectivity index (χ0n) is 15.9. The number of hydrogen-bond acceptors (Lipinski definition) is 4. The highest BCUT2D eigenvalue weighted by molar-refractivity contribution is 7.99. The highest BCUT2D eigenvalue weighted by Crippen LogP contribution is 2.30. The molecule has 0 bridgehead atoms. The monoisotopic (exact) mass is 449 g/mol. The van der Waals surface area contributed by atoms with Gasteiger partial charge in [-0.2, -0.15) is 0 Å². The molecule has 0 unspecified atom stereocenters. The molecule has 0 saturated heterocycles. The molecule has 1 aromatic heterocycles. The van der Waals surface area contributed by atoms with Crippen LogP contribution in [0.4, 0.5) is 0 Å². The van der Waals surface area contributed by atoms with Crippen LogP contribution in [0.5, 0.6) is 0 Å². The number of aromatic amines is 1. The minimum Gasteiger partial charge on any atom is -0.355 e. The average Bonchev–Trinajstić information content (AvgIpc) is 2.70. The number of carbonyl (C=O) groups is 1. The number of para-hydroxylation sites is 1. The van der Waals surface area contributed by atoms with Crippen molar-refractivity contribution in [1.29, 1.82) is 0 Å². The van der Waals surface area contributed by atoms with E-state index in [1.807, 2.05) is 18.2 Å². The van der Waals surface area contributed by atoms with Gasteiger partial charge in [0.05, 0.1) is 16.7 Å². The Hall–Kier alpha value is -2.02. The van der Waals surface area contributed by atoms with Crippen LogP contribution in [0.2, 0.25) is 10.0 Å². The van der Waals surface area contributed by atoms with Gasteiger partial charge in [0.25, 0.3) is 5.56 Å². The maximum absolute atomic E-state index is 12.3. The SMILES string of the molecule is CCC[C@@H](CNC(=O)CSc1nc2ccccc2c(=O)[nH]1)c1ccc(Cl)cc1Cl. The van der Waals surface area contributed by atoms with Crippen molar-refractivity contribution in [2.45, 2.75) is 30.8 Å². The third-order valence-corrected chi connectivity index (χ3v) is 5.95. The summed E-state index contributed by atoms with van der Waals surface area (Å²) >= 11 is 13.5. The van der Waals surface area contributed by atoms with Gasteiger partial charge in [-0.1, -0.05) is 66.5 Å². The first-order valence-corrected chi connectivity index (χ1v) is 11.1. The molecule has 0 saturated carbocycles. The maximum atomic E-state index is 12.3. The molecule has 5 nitrogen and oxygen atoms in total. The lowest BCUT2D eigenvalue weighted by atomic mass is 9.94. The Morgan fingerprint density at radius 3 is 2.79 bits per heavy atom. The standard InChI is InChI=1S/C21H21Cl2N3O2S/c1-2-5-13(15-9-8-14(22)10-17(15)23)11-24-19(27)12-29-21-25-18-7-4-3-6-16(18)20(28)26-21/h3-4,6-10,13H,2,5,11-12H2,1H3,(H,24,27)(H,25,26,28)/t13-/m0/s1. The molecule has 0 aliphatic rings. The summed E-state index contributed by atoms with van der Waals surface area (Å²) in [6.45, 7) is 2.58. The van der Waals surface area contributed by atoms with Crippen LogP contribution in [0.3, 0.4) is 0 Å². The van der Waals surface area contributed by atoms with Crippen LogP contribution in [-0.2, 0) is 4.79 Å². The first-order valence-electron chi connectivity index (χ1n) is 9.31. The van der Waals surface area contributed by atoms with Gasteiger partial charge in [0.2, 0.25) is 5.91 Å². The number of rotatable bonds is 8. The van der Waals surface area contributed by atoms with E-state index in [9.17, 15) is 9.59 Å². The number of fused-ring (bicyclic) bond motifs is 1. The van der Waals surface area contributed by atoms with Crippen LogP contribution in [0.15, 0.2) is 52.4 Å². The van der Waals surface area contributed by atoms with Crippen molar-refractivity contribution in [1.82, 2.24) is 15.3 Å². The smallest absolute Gasteiger partial charge is 0.259 e. The number of halogens is 2. The molecule has 2 aromatic carbocycles. The molecule has 0 radical (unpaired) electrons. The normalized spacial score (nSPS) is 12.1. The summed E-state index contributed by atoms with van der Waals surface area (Å²) in [5.41, 5.74) is 1.38. The molecule has 1 amide bonds. The van der Waals surface area contributed by atoms with E-state index in [0.717, 1.165) is 18.4 Å². The Bertz CT molecular complexity index is 1070. The zero-order valence-corrected chi connectivity index (χ0v) is 18.2. The Morgan fingerprint density at radius 1 is 1.24 bits per heavy atom. The molecule has 0 fully saturated rings. The number of aromatic nitrogens is 2. The third-order valence-electron chi connectivity index (χ3n) is 4.52. The lowest BCUT2D eigenvalue weighted by Gasteiger charge is -2.19. The summed E-state index contributed by atoms with van der Waals surface area (Å²) in [4.78, 5) is 31.6. The highest BCUT2D eigenvalue weighted by atomic mass is 35.5. The predicted octanol–water partition coefficient (Wildman–Crippen LogP) is 5.02. The van der Waals surface area contributed by atoms with E-state index in [1.165, 1.54) is 11.8 Å². The molecule has 0 aliphatic carbocycles. The number of hydrogen-bond donors (Lipinski definition) is 2. The van der Waals surface area contributed by atoms with Crippen LogP contribution in [0.25, 0.3) is 10.9 Å². The van der Waals surface area contributed by atoms with Crippen LogP contribution < -0.4 is 10.9 Å². The van der Waals surface area contributed by atoms with E-state index in [4.69, 9.17) is 23.2 Å². The molecule has 1 heterocycles. The largest absolute Gasteiger partial charge is 0.355 e. The fourth-order valence-corrected chi connectivity index (χ4v) is 4.36. The quantitative estimate of drug-likeness (QED) is 0.373. The Morgan fingerprint density at radius 2 is 2.03 bits per heavy atom. The topological polar surface area (TPSA) is 74.8 Å². The van der Waals surface area contributed by atoms with Crippen molar-refractivity contribution >= 4 is 51.8 Å². The second-order valence-electron chi connectivity index (χ2n) is 6.63. The first kappa shape index (κ1) is 21.7. The number of nitrogens with one attached hydrogen (secondary N) is 2. The van der Waals surface area contributed by atoms with E-state index in [-0.39, 0.29) is 23.1 Å². The van der Waals surface area contributed by atoms with Gasteiger partial charge >= 0.3 is 0 Å². The summed E-state index contributed by atoms with van der Waals surface area (Å²) < 4.78 is 0. The summed E-state index contributed by atoms with van der Waals surface area (Å²) in [6.07, 6.45) is 1.87. The van der Waals surface area contributed by atoms with E-state index in [1.54, 1.807) is 24.3 Å². The molecule has 3 rings (SSSR count). The Balaban J connectivity index is 1.60. The van der Waals surface area contributed by atoms with E-state index in [2.05, 4.69) is 22.2 Å². The second-order valence-corrected chi connectivity index (χ2v) is 8.44. The molecule has 29 heavy (non-hydrogen) atoms. The molecule has 0 spiro atoms. The predicted molar refractivity (Wildman–Crippen MR) is 120 cm³/mol. The van der Waals surface area contributed by atoms with Crippen LogP contribution in [0, 0.1) is 0 Å². The fourth-order valence-electron chi connectivity index (χ4n) is 3.10. The summed E-state index contributed by atoms with van der Waals surface area (Å²) in [5, 5.41) is 5.11. The maximum Gasteiger partial charge on any atom is 0.259 e. The van der Waals surface area contributed by atoms with Gasteiger partial charge in [-0.25, -0.2) is 4.98 Å². The summed E-state index contributed by atoms with van der Waals surface area (Å²) in [7, 11) is 0. The minimum atomic E-state index is -0.209. The molecule has 2 N–H and O–H groups in total. The number of H-pyrrole nitrogens is 1. The van der Waals surface area contributed by atoms with Crippen molar-refractivity contribution in [2.75, 3.05) is 12.3 Å². The van der Waals surface area contributed by atoms with Crippen LogP contribution in [-0.4, -0.2) is 28.2 Å². The van der Waals surface area contributed by atoms with Gasteiger partial charge in [-0.05, 0) is 36.2 Å². The molecule has 1 atom stereocenters.